The van der Waals surface area contributed by atoms with Crippen LogP contribution in [0.3, 0.4) is 0 Å². The van der Waals surface area contributed by atoms with E-state index in [9.17, 15) is 24.9 Å². The summed E-state index contributed by atoms with van der Waals surface area (Å²) in [7, 11) is 0. The number of aliphatic hydroxyl groups excluding tert-OH is 2. The zero-order valence-electron chi connectivity index (χ0n) is 22.8. The SMILES string of the molecule is CC(C1CCC2(O)C3=CC(=O)C4CC(O)C(O)CC4(C)C3CCC12C)N(Cc1cccnc1)C(=O)C1CC1. The molecule has 7 nitrogen and oxygen atoms in total. The molecule has 9 unspecified atom stereocenters. The van der Waals surface area contributed by atoms with Gasteiger partial charge in [0.2, 0.25) is 5.91 Å². The topological polar surface area (TPSA) is 111 Å². The molecule has 1 amide bonds. The highest BCUT2D eigenvalue weighted by Crippen LogP contribution is 2.67. The number of nitrogens with zero attached hydrogens (tertiary/aromatic N) is 2. The average molecular weight is 523 g/mol. The van der Waals surface area contributed by atoms with Crippen molar-refractivity contribution in [3.8, 4) is 0 Å². The molecule has 1 heterocycles. The van der Waals surface area contributed by atoms with E-state index in [1.165, 1.54) is 0 Å². The monoisotopic (exact) mass is 522 g/mol. The zero-order chi connectivity index (χ0) is 27.0. The van der Waals surface area contributed by atoms with Gasteiger partial charge in [0.15, 0.2) is 5.78 Å². The Morgan fingerprint density at radius 2 is 1.89 bits per heavy atom. The van der Waals surface area contributed by atoms with Gasteiger partial charge in [-0.15, -0.1) is 0 Å². The van der Waals surface area contributed by atoms with E-state index < -0.39 is 28.6 Å². The number of aromatic nitrogens is 1. The Morgan fingerprint density at radius 3 is 2.58 bits per heavy atom. The fourth-order valence-electron chi connectivity index (χ4n) is 9.08. The molecule has 38 heavy (non-hydrogen) atoms. The Labute approximate surface area is 225 Å². The van der Waals surface area contributed by atoms with Gasteiger partial charge in [0.05, 0.1) is 17.8 Å². The summed E-state index contributed by atoms with van der Waals surface area (Å²) in [5.41, 5.74) is -0.229. The third-order valence-corrected chi connectivity index (χ3v) is 11.5. The second-order valence-electron chi connectivity index (χ2n) is 13.5. The van der Waals surface area contributed by atoms with Gasteiger partial charge in [-0.3, -0.25) is 14.6 Å². The summed E-state index contributed by atoms with van der Waals surface area (Å²) in [6.07, 6.45) is 9.05. The van der Waals surface area contributed by atoms with E-state index in [1.807, 2.05) is 23.2 Å². The molecule has 5 aliphatic rings. The molecule has 0 saturated heterocycles. The first-order chi connectivity index (χ1) is 18.0. The van der Waals surface area contributed by atoms with Crippen molar-refractivity contribution in [1.82, 2.24) is 9.88 Å². The van der Waals surface area contributed by atoms with Crippen LogP contribution < -0.4 is 0 Å². The van der Waals surface area contributed by atoms with Crippen LogP contribution in [0.15, 0.2) is 36.2 Å². The Hall–Kier alpha value is -2.09. The van der Waals surface area contributed by atoms with Gasteiger partial charge in [-0.2, -0.15) is 0 Å². The zero-order valence-corrected chi connectivity index (χ0v) is 22.8. The highest BCUT2D eigenvalue weighted by atomic mass is 16.3. The summed E-state index contributed by atoms with van der Waals surface area (Å²) in [6.45, 7) is 6.90. The summed E-state index contributed by atoms with van der Waals surface area (Å²) >= 11 is 0. The number of ketones is 1. The van der Waals surface area contributed by atoms with Crippen LogP contribution in [0.5, 0.6) is 0 Å². The lowest BCUT2D eigenvalue weighted by Gasteiger charge is -2.60. The molecular weight excluding hydrogens is 480 g/mol. The minimum atomic E-state index is -1.12. The fraction of sp³-hybridized carbons (Fsp3) is 0.710. The van der Waals surface area contributed by atoms with E-state index in [2.05, 4.69) is 25.8 Å². The molecule has 0 spiro atoms. The maximum Gasteiger partial charge on any atom is 0.226 e. The van der Waals surface area contributed by atoms with Gasteiger partial charge >= 0.3 is 0 Å². The lowest BCUT2D eigenvalue weighted by molar-refractivity contribution is -0.155. The van der Waals surface area contributed by atoms with E-state index in [1.54, 1.807) is 12.3 Å². The number of hydrogen-bond acceptors (Lipinski definition) is 6. The van der Waals surface area contributed by atoms with E-state index in [0.717, 1.165) is 43.2 Å². The molecule has 1 aromatic rings. The first-order valence-corrected chi connectivity index (χ1v) is 14.5. The molecule has 6 rings (SSSR count). The van der Waals surface area contributed by atoms with Gasteiger partial charge in [0.25, 0.3) is 0 Å². The van der Waals surface area contributed by atoms with Crippen molar-refractivity contribution >= 4 is 11.7 Å². The van der Waals surface area contributed by atoms with Crippen molar-refractivity contribution in [2.45, 2.75) is 103 Å². The number of hydrogen-bond donors (Lipinski definition) is 3. The highest BCUT2D eigenvalue weighted by Gasteiger charge is 2.67. The summed E-state index contributed by atoms with van der Waals surface area (Å²) in [6, 6.07) is 3.85. The second kappa shape index (κ2) is 8.97. The fourth-order valence-corrected chi connectivity index (χ4v) is 9.08. The van der Waals surface area contributed by atoms with Gasteiger partial charge in [-0.05, 0) is 98.8 Å². The lowest BCUT2D eigenvalue weighted by atomic mass is 9.46. The van der Waals surface area contributed by atoms with Crippen molar-refractivity contribution in [1.29, 1.82) is 0 Å². The average Bonchev–Trinajstić information content (AvgIpc) is 3.69. The molecule has 9 atom stereocenters. The quantitative estimate of drug-likeness (QED) is 0.547. The van der Waals surface area contributed by atoms with Crippen LogP contribution in [0.4, 0.5) is 0 Å². The number of allylic oxidation sites excluding steroid dienone is 1. The van der Waals surface area contributed by atoms with Crippen LogP contribution in [-0.2, 0) is 16.1 Å². The molecule has 0 aromatic carbocycles. The van der Waals surface area contributed by atoms with Gasteiger partial charge in [0.1, 0.15) is 0 Å². The van der Waals surface area contributed by atoms with Crippen LogP contribution in [0.25, 0.3) is 0 Å². The lowest BCUT2D eigenvalue weighted by Crippen LogP contribution is -2.61. The first kappa shape index (κ1) is 26.1. The van der Waals surface area contributed by atoms with E-state index >= 15 is 0 Å². The van der Waals surface area contributed by atoms with Crippen LogP contribution in [0.1, 0.15) is 77.7 Å². The van der Waals surface area contributed by atoms with Crippen LogP contribution in [0, 0.1) is 34.5 Å². The van der Waals surface area contributed by atoms with Gasteiger partial charge in [-0.1, -0.05) is 19.9 Å². The summed E-state index contributed by atoms with van der Waals surface area (Å²) in [4.78, 5) is 33.2. The summed E-state index contributed by atoms with van der Waals surface area (Å²) < 4.78 is 0. The second-order valence-corrected chi connectivity index (χ2v) is 13.5. The minimum absolute atomic E-state index is 0.000858. The molecule has 4 fully saturated rings. The Morgan fingerprint density at radius 1 is 1.13 bits per heavy atom. The smallest absolute Gasteiger partial charge is 0.226 e. The Kier molecular flexibility index (Phi) is 6.17. The molecular formula is C31H42N2O5. The van der Waals surface area contributed by atoms with Crippen molar-refractivity contribution in [3.63, 3.8) is 0 Å². The number of amides is 1. The van der Waals surface area contributed by atoms with E-state index in [0.29, 0.717) is 19.4 Å². The van der Waals surface area contributed by atoms with Crippen molar-refractivity contribution in [2.24, 2.45) is 34.5 Å². The largest absolute Gasteiger partial charge is 0.390 e. The molecule has 3 N–H and O–H groups in total. The third-order valence-electron chi connectivity index (χ3n) is 11.5. The van der Waals surface area contributed by atoms with Crippen LogP contribution >= 0.6 is 0 Å². The number of aliphatic hydroxyl groups is 3. The van der Waals surface area contributed by atoms with Gasteiger partial charge in [-0.25, -0.2) is 0 Å². The molecule has 0 radical (unpaired) electrons. The number of rotatable bonds is 5. The van der Waals surface area contributed by atoms with E-state index in [4.69, 9.17) is 0 Å². The Balaban J connectivity index is 1.32. The van der Waals surface area contributed by atoms with Gasteiger partial charge in [0, 0.05) is 42.2 Å². The van der Waals surface area contributed by atoms with Crippen molar-refractivity contribution < 1.29 is 24.9 Å². The van der Waals surface area contributed by atoms with Crippen molar-refractivity contribution in [3.05, 3.63) is 41.7 Å². The summed E-state index contributed by atoms with van der Waals surface area (Å²) in [5, 5.41) is 33.4. The predicted molar refractivity (Wildman–Crippen MR) is 141 cm³/mol. The third kappa shape index (κ3) is 3.75. The van der Waals surface area contributed by atoms with Crippen LogP contribution in [-0.4, -0.2) is 60.7 Å². The normalized spacial score (nSPS) is 42.9. The van der Waals surface area contributed by atoms with Crippen LogP contribution in [0.2, 0.25) is 0 Å². The first-order valence-electron chi connectivity index (χ1n) is 14.5. The molecule has 5 aliphatic carbocycles. The van der Waals surface area contributed by atoms with E-state index in [-0.39, 0.29) is 47.8 Å². The van der Waals surface area contributed by atoms with Gasteiger partial charge < -0.3 is 20.2 Å². The summed E-state index contributed by atoms with van der Waals surface area (Å²) in [5.74, 6) is 0.0332. The minimum Gasteiger partial charge on any atom is -0.390 e. The molecule has 0 bridgehead atoms. The highest BCUT2D eigenvalue weighted by molar-refractivity contribution is 5.95. The maximum absolute atomic E-state index is 13.5. The number of carbonyl (C=O) groups is 2. The van der Waals surface area contributed by atoms with Crippen molar-refractivity contribution in [2.75, 3.05) is 0 Å². The standard InChI is InChI=1S/C31H42N2O5/c1-18(33(28(37)20-6-7-20)17-19-5-4-12-32-16-19)21-9-11-31(38)23-13-25(34)24-14-26(35)27(36)15-29(24,2)22(23)8-10-30(21,31)3/h4-5,12-13,16,18,20-22,24,26-27,35-36,38H,6-11,14-15,17H2,1-3H3. The molecule has 1 aromatic heterocycles. The molecule has 7 heteroatoms. The number of carbonyl (C=O) groups excluding carboxylic acids is 2. The molecule has 206 valence electrons. The number of pyridine rings is 1. The maximum atomic E-state index is 13.5. The molecule has 4 saturated carbocycles. The predicted octanol–water partition coefficient (Wildman–Crippen LogP) is 3.41. The Bertz CT molecular complexity index is 1150. The molecule has 0 aliphatic heterocycles. The number of fused-ring (bicyclic) bond motifs is 5.